The van der Waals surface area contributed by atoms with Gasteiger partial charge >= 0.3 is 5.97 Å². The molecule has 0 saturated carbocycles. The van der Waals surface area contributed by atoms with Crippen LogP contribution >= 0.6 is 0 Å². The van der Waals surface area contributed by atoms with Gasteiger partial charge in [-0.2, -0.15) is 0 Å². The molecule has 0 radical (unpaired) electrons. The minimum Gasteiger partial charge on any atom is -0.466 e. The second-order valence-electron chi connectivity index (χ2n) is 2.20. The normalized spacial score (nSPS) is 16.2. The van der Waals surface area contributed by atoms with E-state index in [1.807, 2.05) is 0 Å². The van der Waals surface area contributed by atoms with E-state index in [4.69, 9.17) is 5.84 Å². The van der Waals surface area contributed by atoms with Gasteiger partial charge in [0.15, 0.2) is 0 Å². The Morgan fingerprint density at radius 1 is 1.82 bits per heavy atom. The van der Waals surface area contributed by atoms with Crippen LogP contribution in [0.25, 0.3) is 0 Å². The van der Waals surface area contributed by atoms with E-state index < -0.39 is 0 Å². The summed E-state index contributed by atoms with van der Waals surface area (Å²) in [6, 6.07) is 0. The highest BCUT2D eigenvalue weighted by Gasteiger charge is 2.12. The number of hydrogen-bond donors (Lipinski definition) is 1. The highest BCUT2D eigenvalue weighted by atomic mass is 16.5. The van der Waals surface area contributed by atoms with E-state index in [1.54, 1.807) is 18.4 Å². The van der Waals surface area contributed by atoms with Crippen molar-refractivity contribution in [1.29, 1.82) is 0 Å². The first-order valence-electron chi connectivity index (χ1n) is 3.21. The summed E-state index contributed by atoms with van der Waals surface area (Å²) in [4.78, 5) is 10.9. The molecule has 0 spiro atoms. The third-order valence-corrected chi connectivity index (χ3v) is 1.38. The molecule has 0 aromatic heterocycles. The predicted octanol–water partition coefficient (Wildman–Crippen LogP) is -0.211. The van der Waals surface area contributed by atoms with Crippen LogP contribution in [0.3, 0.4) is 0 Å². The van der Waals surface area contributed by atoms with Crippen LogP contribution in [0.4, 0.5) is 0 Å². The molecule has 0 aliphatic carbocycles. The number of ether oxygens (including phenoxy) is 1. The molecule has 60 valence electrons. The van der Waals surface area contributed by atoms with Gasteiger partial charge in [-0.05, 0) is 12.2 Å². The highest BCUT2D eigenvalue weighted by molar-refractivity contribution is 5.89. The Balaban J connectivity index is 2.66. The van der Waals surface area contributed by atoms with Crippen molar-refractivity contribution < 1.29 is 9.53 Å². The molecule has 0 atom stereocenters. The number of carbonyl (C=O) groups excluding carboxylic acids is 1. The zero-order chi connectivity index (χ0) is 8.27. The highest BCUT2D eigenvalue weighted by Crippen LogP contribution is 2.04. The number of methoxy groups -OCH3 is 1. The van der Waals surface area contributed by atoms with Crippen LogP contribution < -0.4 is 5.84 Å². The molecule has 1 aliphatic rings. The fourth-order valence-electron chi connectivity index (χ4n) is 0.836. The molecular weight excluding hydrogens is 144 g/mol. The summed E-state index contributed by atoms with van der Waals surface area (Å²) in [7, 11) is 1.35. The van der Waals surface area contributed by atoms with E-state index in [2.05, 4.69) is 4.74 Å². The van der Waals surface area contributed by atoms with Crippen molar-refractivity contribution >= 4 is 5.97 Å². The first kappa shape index (κ1) is 7.81. The van der Waals surface area contributed by atoms with Gasteiger partial charge < -0.3 is 9.75 Å². The maximum atomic E-state index is 10.9. The summed E-state index contributed by atoms with van der Waals surface area (Å²) in [6.45, 7) is 0.406. The predicted molar refractivity (Wildman–Crippen MR) is 40.1 cm³/mol. The number of carbonyl (C=O) groups is 1. The summed E-state index contributed by atoms with van der Waals surface area (Å²) in [5.41, 5.74) is 0.567. The Bertz CT molecular complexity index is 220. The zero-order valence-corrected chi connectivity index (χ0v) is 6.28. The lowest BCUT2D eigenvalue weighted by molar-refractivity contribution is -0.136. The van der Waals surface area contributed by atoms with Crippen molar-refractivity contribution in [3.63, 3.8) is 0 Å². The first-order valence-corrected chi connectivity index (χ1v) is 3.21. The van der Waals surface area contributed by atoms with Crippen LogP contribution in [-0.4, -0.2) is 24.6 Å². The molecule has 1 aliphatic heterocycles. The number of nitrogens with zero attached hydrogens (tertiary/aromatic N) is 1. The van der Waals surface area contributed by atoms with Gasteiger partial charge in [-0.1, -0.05) is 0 Å². The van der Waals surface area contributed by atoms with Gasteiger partial charge in [-0.15, -0.1) is 0 Å². The van der Waals surface area contributed by atoms with Crippen molar-refractivity contribution in [2.75, 3.05) is 13.7 Å². The van der Waals surface area contributed by atoms with E-state index in [-0.39, 0.29) is 5.97 Å². The largest absolute Gasteiger partial charge is 0.466 e. The van der Waals surface area contributed by atoms with E-state index in [1.165, 1.54) is 12.1 Å². The topological polar surface area (TPSA) is 55.6 Å². The van der Waals surface area contributed by atoms with Crippen LogP contribution in [0.15, 0.2) is 23.9 Å². The maximum absolute atomic E-state index is 10.9. The maximum Gasteiger partial charge on any atom is 0.335 e. The van der Waals surface area contributed by atoms with Crippen LogP contribution in [0.5, 0.6) is 0 Å². The molecular formula is C7H10N2O2. The van der Waals surface area contributed by atoms with Crippen LogP contribution in [0.2, 0.25) is 0 Å². The van der Waals surface area contributed by atoms with Gasteiger partial charge in [0, 0.05) is 6.20 Å². The van der Waals surface area contributed by atoms with Gasteiger partial charge in [-0.3, -0.25) is 0 Å². The molecule has 0 bridgehead atoms. The molecule has 0 saturated heterocycles. The van der Waals surface area contributed by atoms with Gasteiger partial charge in [0.1, 0.15) is 0 Å². The summed E-state index contributed by atoms with van der Waals surface area (Å²) < 4.78 is 4.51. The average molecular weight is 154 g/mol. The van der Waals surface area contributed by atoms with Gasteiger partial charge in [0.05, 0.1) is 19.2 Å². The molecule has 0 aromatic carbocycles. The summed E-state index contributed by atoms with van der Waals surface area (Å²) in [5.74, 6) is 5.09. The number of allylic oxidation sites excluding steroid dienone is 2. The van der Waals surface area contributed by atoms with E-state index >= 15 is 0 Å². The molecule has 4 heteroatoms. The standard InChI is InChI=1S/C7H10N2O2/c1-11-7(10)6-3-2-4-9(8)5-6/h2-4H,5,8H2,1H3. The lowest BCUT2D eigenvalue weighted by atomic mass is 10.2. The number of nitrogens with two attached hydrogens (primary N) is 1. The number of rotatable bonds is 1. The molecule has 1 heterocycles. The quantitative estimate of drug-likeness (QED) is 0.419. The summed E-state index contributed by atoms with van der Waals surface area (Å²) >= 11 is 0. The Kier molecular flexibility index (Phi) is 2.28. The van der Waals surface area contributed by atoms with E-state index in [9.17, 15) is 4.79 Å². The van der Waals surface area contributed by atoms with Crippen molar-refractivity contribution in [1.82, 2.24) is 5.01 Å². The number of esters is 1. The third-order valence-electron chi connectivity index (χ3n) is 1.38. The third kappa shape index (κ3) is 1.81. The monoisotopic (exact) mass is 154 g/mol. The summed E-state index contributed by atoms with van der Waals surface area (Å²) in [6.07, 6.45) is 5.08. The Morgan fingerprint density at radius 3 is 3.09 bits per heavy atom. The molecule has 0 aromatic rings. The van der Waals surface area contributed by atoms with E-state index in [0.29, 0.717) is 12.1 Å². The SMILES string of the molecule is COC(=O)C1=CC=CN(N)C1. The number of hydrogen-bond acceptors (Lipinski definition) is 4. The van der Waals surface area contributed by atoms with Crippen LogP contribution in [-0.2, 0) is 9.53 Å². The fourth-order valence-corrected chi connectivity index (χ4v) is 0.836. The lowest BCUT2D eigenvalue weighted by Crippen LogP contribution is -2.31. The number of hydrazine groups is 1. The van der Waals surface area contributed by atoms with Crippen molar-refractivity contribution in [2.24, 2.45) is 5.84 Å². The van der Waals surface area contributed by atoms with Crippen LogP contribution in [0.1, 0.15) is 0 Å². The second kappa shape index (κ2) is 3.21. The Labute approximate surface area is 64.9 Å². The molecule has 0 unspecified atom stereocenters. The van der Waals surface area contributed by atoms with Crippen molar-refractivity contribution in [3.8, 4) is 0 Å². The fraction of sp³-hybridized carbons (Fsp3) is 0.286. The zero-order valence-electron chi connectivity index (χ0n) is 6.28. The summed E-state index contributed by atoms with van der Waals surface area (Å²) in [5, 5.41) is 1.42. The molecule has 4 nitrogen and oxygen atoms in total. The van der Waals surface area contributed by atoms with Crippen molar-refractivity contribution in [3.05, 3.63) is 23.9 Å². The molecule has 2 N–H and O–H groups in total. The van der Waals surface area contributed by atoms with Crippen molar-refractivity contribution in [2.45, 2.75) is 0 Å². The second-order valence-corrected chi connectivity index (χ2v) is 2.20. The molecule has 11 heavy (non-hydrogen) atoms. The Morgan fingerprint density at radius 2 is 2.55 bits per heavy atom. The minimum atomic E-state index is -0.329. The average Bonchev–Trinajstić information content (AvgIpc) is 2.03. The molecule has 0 fully saturated rings. The first-order chi connectivity index (χ1) is 5.24. The van der Waals surface area contributed by atoms with Gasteiger partial charge in [0.2, 0.25) is 0 Å². The Hall–Kier alpha value is -1.29. The van der Waals surface area contributed by atoms with E-state index in [0.717, 1.165) is 0 Å². The van der Waals surface area contributed by atoms with Crippen LogP contribution in [0, 0.1) is 0 Å². The minimum absolute atomic E-state index is 0.329. The van der Waals surface area contributed by atoms with Gasteiger partial charge in [-0.25, -0.2) is 10.6 Å². The smallest absolute Gasteiger partial charge is 0.335 e. The van der Waals surface area contributed by atoms with Gasteiger partial charge in [0.25, 0.3) is 0 Å². The molecule has 0 amide bonds. The molecule has 1 rings (SSSR count). The lowest BCUT2D eigenvalue weighted by Gasteiger charge is -2.17.